The first-order chi connectivity index (χ1) is 15.9. The second kappa shape index (κ2) is 8.44. The van der Waals surface area contributed by atoms with Crippen LogP contribution in [0.5, 0.6) is 5.75 Å². The van der Waals surface area contributed by atoms with Crippen molar-refractivity contribution >= 4 is 34.0 Å². The van der Waals surface area contributed by atoms with E-state index in [0.29, 0.717) is 29.1 Å². The number of likely N-dealkylation sites (N-methyl/N-ethyl adjacent to an activating group) is 1. The highest BCUT2D eigenvalue weighted by atomic mass is 19.1. The fraction of sp³-hybridized carbons (Fsp3) is 0.320. The number of ketones is 1. The van der Waals surface area contributed by atoms with Gasteiger partial charge in [0.25, 0.3) is 5.91 Å². The van der Waals surface area contributed by atoms with Gasteiger partial charge in [-0.3, -0.25) is 14.5 Å². The quantitative estimate of drug-likeness (QED) is 0.572. The summed E-state index contributed by atoms with van der Waals surface area (Å²) < 4.78 is 19.7. The fourth-order valence-corrected chi connectivity index (χ4v) is 4.43. The van der Waals surface area contributed by atoms with Crippen molar-refractivity contribution in [2.24, 2.45) is 0 Å². The van der Waals surface area contributed by atoms with Gasteiger partial charge in [0.05, 0.1) is 12.2 Å². The minimum Gasteiger partial charge on any atom is -0.482 e. The van der Waals surface area contributed by atoms with E-state index >= 15 is 0 Å². The van der Waals surface area contributed by atoms with Gasteiger partial charge in [0.1, 0.15) is 17.1 Å². The molecule has 3 heterocycles. The van der Waals surface area contributed by atoms with Crippen LogP contribution in [-0.4, -0.2) is 68.0 Å². The van der Waals surface area contributed by atoms with Crippen molar-refractivity contribution in [1.29, 1.82) is 0 Å². The summed E-state index contributed by atoms with van der Waals surface area (Å²) in [5.74, 6) is 0.162. The van der Waals surface area contributed by atoms with Crippen LogP contribution in [0.3, 0.4) is 0 Å². The number of hydrogen-bond acceptors (Lipinski definition) is 6. The molecule has 0 unspecified atom stereocenters. The molecule has 1 saturated heterocycles. The molecule has 1 amide bonds. The Morgan fingerprint density at radius 3 is 2.64 bits per heavy atom. The third kappa shape index (κ3) is 4.02. The van der Waals surface area contributed by atoms with E-state index in [0.717, 1.165) is 42.9 Å². The predicted octanol–water partition coefficient (Wildman–Crippen LogP) is 3.04. The van der Waals surface area contributed by atoms with Gasteiger partial charge in [-0.2, -0.15) is 0 Å². The average Bonchev–Trinajstić information content (AvgIpc) is 2.82. The number of hydrogen-bond donors (Lipinski definition) is 0. The number of halogens is 1. The minimum absolute atomic E-state index is 0.00424. The van der Waals surface area contributed by atoms with Crippen LogP contribution in [0.1, 0.15) is 16.1 Å². The molecular formula is C25H25FN4O3. The maximum Gasteiger partial charge on any atom is 0.264 e. The molecular weight excluding hydrogens is 423 g/mol. The zero-order valence-corrected chi connectivity index (χ0v) is 18.7. The van der Waals surface area contributed by atoms with Crippen LogP contribution in [0, 0.1) is 12.7 Å². The molecule has 3 aromatic rings. The summed E-state index contributed by atoms with van der Waals surface area (Å²) in [6.45, 7) is 5.07. The van der Waals surface area contributed by atoms with Gasteiger partial charge in [-0.15, -0.1) is 0 Å². The predicted molar refractivity (Wildman–Crippen MR) is 125 cm³/mol. The van der Waals surface area contributed by atoms with Crippen LogP contribution in [0.2, 0.25) is 0 Å². The maximum atomic E-state index is 14.3. The Labute approximate surface area is 191 Å². The Balaban J connectivity index is 1.26. The lowest BCUT2D eigenvalue weighted by Gasteiger charge is -2.36. The summed E-state index contributed by atoms with van der Waals surface area (Å²) in [5, 5.41) is 0.806. The van der Waals surface area contributed by atoms with E-state index in [1.54, 1.807) is 25.2 Å². The van der Waals surface area contributed by atoms with Crippen LogP contribution in [0.4, 0.5) is 15.8 Å². The first-order valence-corrected chi connectivity index (χ1v) is 11.0. The van der Waals surface area contributed by atoms with Gasteiger partial charge >= 0.3 is 0 Å². The number of amides is 1. The third-order valence-corrected chi connectivity index (χ3v) is 6.37. The molecule has 170 valence electrons. The van der Waals surface area contributed by atoms with Crippen molar-refractivity contribution in [3.05, 3.63) is 59.5 Å². The summed E-state index contributed by atoms with van der Waals surface area (Å²) in [5.41, 5.74) is 3.32. The number of benzene rings is 2. The van der Waals surface area contributed by atoms with Crippen LogP contribution < -0.4 is 14.5 Å². The van der Waals surface area contributed by atoms with E-state index in [2.05, 4.69) is 14.8 Å². The fourth-order valence-electron chi connectivity index (χ4n) is 4.43. The number of nitrogens with zero attached hydrogens (tertiary/aromatic N) is 4. The second-order valence-electron chi connectivity index (χ2n) is 8.53. The first-order valence-electron chi connectivity index (χ1n) is 11.0. The number of rotatable bonds is 4. The molecule has 7 nitrogen and oxygen atoms in total. The van der Waals surface area contributed by atoms with Gasteiger partial charge < -0.3 is 14.5 Å². The van der Waals surface area contributed by atoms with Crippen LogP contribution in [-0.2, 0) is 4.79 Å². The van der Waals surface area contributed by atoms with Gasteiger partial charge in [-0.05, 0) is 49.4 Å². The molecule has 1 aromatic heterocycles. The molecule has 0 atom stereocenters. The monoisotopic (exact) mass is 448 g/mol. The maximum absolute atomic E-state index is 14.3. The van der Waals surface area contributed by atoms with Crippen molar-refractivity contribution in [1.82, 2.24) is 9.88 Å². The Kier molecular flexibility index (Phi) is 5.46. The van der Waals surface area contributed by atoms with E-state index in [1.165, 1.54) is 11.0 Å². The molecule has 2 aromatic carbocycles. The van der Waals surface area contributed by atoms with Crippen molar-refractivity contribution in [2.45, 2.75) is 6.92 Å². The Morgan fingerprint density at radius 1 is 1.06 bits per heavy atom. The molecule has 0 N–H and O–H groups in total. The highest BCUT2D eigenvalue weighted by Gasteiger charge is 2.25. The molecule has 0 aliphatic carbocycles. The number of anilines is 2. The molecule has 0 radical (unpaired) electrons. The molecule has 8 heteroatoms. The highest BCUT2D eigenvalue weighted by molar-refractivity contribution is 6.02. The van der Waals surface area contributed by atoms with E-state index in [-0.39, 0.29) is 24.1 Å². The molecule has 2 aliphatic rings. The topological polar surface area (TPSA) is 66.0 Å². The van der Waals surface area contributed by atoms with Gasteiger partial charge in [0, 0.05) is 55.6 Å². The summed E-state index contributed by atoms with van der Waals surface area (Å²) in [6, 6.07) is 12.3. The van der Waals surface area contributed by atoms with Crippen molar-refractivity contribution in [3.8, 4) is 5.75 Å². The van der Waals surface area contributed by atoms with Gasteiger partial charge in [-0.1, -0.05) is 0 Å². The molecule has 33 heavy (non-hydrogen) atoms. The van der Waals surface area contributed by atoms with Crippen LogP contribution in [0.25, 0.3) is 10.9 Å². The molecule has 5 rings (SSSR count). The van der Waals surface area contributed by atoms with Crippen LogP contribution >= 0.6 is 0 Å². The molecule has 0 saturated carbocycles. The second-order valence-corrected chi connectivity index (χ2v) is 8.53. The van der Waals surface area contributed by atoms with Crippen molar-refractivity contribution < 1.29 is 18.7 Å². The SMILES string of the molecule is Cc1ccc2c(N3CCN(CC(=O)c4ccc5c(c4)N(C)C(=O)CO5)CC3)ccc(F)c2n1. The summed E-state index contributed by atoms with van der Waals surface area (Å²) in [7, 11) is 1.69. The number of carbonyl (C=O) groups excluding carboxylic acids is 2. The van der Waals surface area contributed by atoms with Gasteiger partial charge in [-0.25, -0.2) is 9.37 Å². The largest absolute Gasteiger partial charge is 0.482 e. The Bertz CT molecular complexity index is 1250. The lowest BCUT2D eigenvalue weighted by atomic mass is 10.1. The number of piperazine rings is 1. The number of Topliss-reactive ketones (excluding diaryl/α,β-unsaturated/α-hetero) is 1. The standard InChI is InChI=1S/C25H25FN4O3/c1-16-3-5-18-20(7-6-19(26)25(18)27-16)30-11-9-29(10-12-30)14-22(31)17-4-8-23-21(13-17)28(2)24(32)15-33-23/h3-8,13H,9-12,14-15H2,1-2H3. The Morgan fingerprint density at radius 2 is 1.85 bits per heavy atom. The molecule has 0 spiro atoms. The molecule has 1 fully saturated rings. The van der Waals surface area contributed by atoms with E-state index < -0.39 is 0 Å². The van der Waals surface area contributed by atoms with E-state index in [4.69, 9.17) is 4.74 Å². The van der Waals surface area contributed by atoms with Crippen molar-refractivity contribution in [2.75, 3.05) is 56.2 Å². The van der Waals surface area contributed by atoms with Crippen LogP contribution in [0.15, 0.2) is 42.5 Å². The number of ether oxygens (including phenoxy) is 1. The normalized spacial score (nSPS) is 16.6. The van der Waals surface area contributed by atoms with Gasteiger partial charge in [0.15, 0.2) is 12.4 Å². The zero-order valence-electron chi connectivity index (χ0n) is 18.7. The van der Waals surface area contributed by atoms with Crippen molar-refractivity contribution in [3.63, 3.8) is 0 Å². The first kappa shape index (κ1) is 21.3. The highest BCUT2D eigenvalue weighted by Crippen LogP contribution is 2.32. The van der Waals surface area contributed by atoms with E-state index in [9.17, 15) is 14.0 Å². The Hall–Kier alpha value is -3.52. The lowest BCUT2D eigenvalue weighted by Crippen LogP contribution is -2.48. The number of fused-ring (bicyclic) bond motifs is 2. The number of aromatic nitrogens is 1. The smallest absolute Gasteiger partial charge is 0.264 e. The zero-order chi connectivity index (χ0) is 23.1. The third-order valence-electron chi connectivity index (χ3n) is 6.37. The number of aryl methyl sites for hydroxylation is 1. The molecule has 0 bridgehead atoms. The summed E-state index contributed by atoms with van der Waals surface area (Å²) in [4.78, 5) is 35.1. The molecule has 2 aliphatic heterocycles. The summed E-state index contributed by atoms with van der Waals surface area (Å²) in [6.07, 6.45) is 0. The lowest BCUT2D eigenvalue weighted by molar-refractivity contribution is -0.120. The number of pyridine rings is 1. The average molecular weight is 448 g/mol. The van der Waals surface area contributed by atoms with E-state index in [1.807, 2.05) is 25.1 Å². The summed E-state index contributed by atoms with van der Waals surface area (Å²) >= 11 is 0. The number of carbonyl (C=O) groups is 2. The van der Waals surface area contributed by atoms with Gasteiger partial charge in [0.2, 0.25) is 0 Å². The minimum atomic E-state index is -0.315.